The molecule has 0 saturated heterocycles. The molecule has 0 aromatic carbocycles. The van der Waals surface area contributed by atoms with Gasteiger partial charge in [0.2, 0.25) is 0 Å². The fourth-order valence-corrected chi connectivity index (χ4v) is 1.95. The van der Waals surface area contributed by atoms with Crippen molar-refractivity contribution in [1.29, 1.82) is 0 Å². The average molecular weight is 180 g/mol. The summed E-state index contributed by atoms with van der Waals surface area (Å²) in [6.45, 7) is 2.05. The zero-order valence-corrected chi connectivity index (χ0v) is 7.44. The topological polar surface area (TPSA) is 45.8 Å². The number of nitrogens with one attached hydrogen (secondary N) is 1. The third-order valence-corrected chi connectivity index (χ3v) is 2.62. The monoisotopic (exact) mass is 180 g/mol. The number of nitrogens with zero attached hydrogens (tertiary/aromatic N) is 1. The molecular weight excluding hydrogens is 172 g/mol. The Kier molecular flexibility index (Phi) is 1.69. The van der Waals surface area contributed by atoms with Crippen molar-refractivity contribution in [2.45, 2.75) is 13.3 Å². The highest BCUT2D eigenvalue weighted by atomic mass is 32.1. The fraction of sp³-hybridized carbons (Fsp3) is 0.250. The van der Waals surface area contributed by atoms with Gasteiger partial charge < -0.3 is 4.98 Å². The quantitative estimate of drug-likeness (QED) is 0.723. The first-order chi connectivity index (χ1) is 5.81. The zero-order chi connectivity index (χ0) is 8.55. The molecule has 0 aliphatic heterocycles. The van der Waals surface area contributed by atoms with Gasteiger partial charge in [0.05, 0.1) is 10.2 Å². The molecule has 62 valence electrons. The number of hydrogen-bond acceptors (Lipinski definition) is 3. The van der Waals surface area contributed by atoms with Crippen molar-refractivity contribution >= 4 is 21.6 Å². The van der Waals surface area contributed by atoms with Crippen LogP contribution in [0, 0.1) is 0 Å². The van der Waals surface area contributed by atoms with Crippen LogP contribution in [0.15, 0.2) is 17.2 Å². The van der Waals surface area contributed by atoms with Crippen LogP contribution >= 0.6 is 11.3 Å². The maximum Gasteiger partial charge on any atom is 0.305 e. The van der Waals surface area contributed by atoms with Gasteiger partial charge in [-0.3, -0.25) is 9.78 Å². The van der Waals surface area contributed by atoms with Crippen LogP contribution < -0.4 is 4.87 Å². The first-order valence-electron chi connectivity index (χ1n) is 3.77. The van der Waals surface area contributed by atoms with Crippen LogP contribution in [0.2, 0.25) is 0 Å². The van der Waals surface area contributed by atoms with Crippen LogP contribution in [0.1, 0.15) is 12.5 Å². The van der Waals surface area contributed by atoms with Crippen molar-refractivity contribution < 1.29 is 0 Å². The summed E-state index contributed by atoms with van der Waals surface area (Å²) in [4.78, 5) is 17.8. The molecule has 2 aromatic rings. The highest BCUT2D eigenvalue weighted by Crippen LogP contribution is 2.16. The molecule has 1 N–H and O–H groups in total. The van der Waals surface area contributed by atoms with Gasteiger partial charge in [0.15, 0.2) is 0 Å². The van der Waals surface area contributed by atoms with Crippen molar-refractivity contribution in [2.75, 3.05) is 0 Å². The van der Waals surface area contributed by atoms with Crippen LogP contribution in [-0.2, 0) is 6.42 Å². The van der Waals surface area contributed by atoms with E-state index < -0.39 is 0 Å². The molecule has 0 fully saturated rings. The molecule has 4 heteroatoms. The predicted molar refractivity (Wildman–Crippen MR) is 49.6 cm³/mol. The molecule has 2 aromatic heterocycles. The Morgan fingerprint density at radius 3 is 3.17 bits per heavy atom. The average Bonchev–Trinajstić information content (AvgIpc) is 2.44. The van der Waals surface area contributed by atoms with Gasteiger partial charge in [-0.2, -0.15) is 0 Å². The number of rotatable bonds is 1. The van der Waals surface area contributed by atoms with Crippen molar-refractivity contribution in [1.82, 2.24) is 9.97 Å². The van der Waals surface area contributed by atoms with Gasteiger partial charge in [0.1, 0.15) is 0 Å². The van der Waals surface area contributed by atoms with E-state index in [0.717, 1.165) is 22.2 Å². The Balaban J connectivity index is 2.87. The summed E-state index contributed by atoms with van der Waals surface area (Å²) >= 11 is 1.21. The molecule has 0 bridgehead atoms. The van der Waals surface area contributed by atoms with E-state index in [4.69, 9.17) is 0 Å². The number of fused-ring (bicyclic) bond motifs is 1. The van der Waals surface area contributed by atoms with Crippen molar-refractivity contribution in [3.05, 3.63) is 27.6 Å². The number of aromatic nitrogens is 2. The lowest BCUT2D eigenvalue weighted by Crippen LogP contribution is -1.92. The maximum absolute atomic E-state index is 11.0. The van der Waals surface area contributed by atoms with E-state index in [2.05, 4.69) is 9.97 Å². The molecule has 0 unspecified atom stereocenters. The minimum Gasteiger partial charge on any atom is -0.312 e. The first kappa shape index (κ1) is 7.49. The molecule has 2 heterocycles. The molecule has 0 saturated carbocycles. The third kappa shape index (κ3) is 1.04. The van der Waals surface area contributed by atoms with E-state index in [1.165, 1.54) is 11.3 Å². The zero-order valence-electron chi connectivity index (χ0n) is 6.63. The summed E-state index contributed by atoms with van der Waals surface area (Å²) in [6, 6.07) is 0. The summed E-state index contributed by atoms with van der Waals surface area (Å²) < 4.78 is 0.944. The van der Waals surface area contributed by atoms with Crippen molar-refractivity contribution in [3.8, 4) is 0 Å². The fourth-order valence-electron chi connectivity index (χ4n) is 1.20. The van der Waals surface area contributed by atoms with Crippen molar-refractivity contribution in [3.63, 3.8) is 0 Å². The Morgan fingerprint density at radius 1 is 1.58 bits per heavy atom. The van der Waals surface area contributed by atoms with E-state index in [0.29, 0.717) is 0 Å². The lowest BCUT2D eigenvalue weighted by molar-refractivity contribution is 1.12. The lowest BCUT2D eigenvalue weighted by Gasteiger charge is -1.95. The predicted octanol–water partition coefficient (Wildman–Crippen LogP) is 1.55. The number of aromatic amines is 1. The van der Waals surface area contributed by atoms with E-state index in [9.17, 15) is 4.79 Å². The molecule has 2 rings (SSSR count). The molecular formula is C8H8N2OS. The second kappa shape index (κ2) is 2.71. The summed E-state index contributed by atoms with van der Waals surface area (Å²) in [5, 5.41) is 0. The molecule has 0 atom stereocenters. The standard InChI is InChI=1S/C8H8N2OS/c1-2-5-3-9-4-6-7(5)10-8(11)12-6/h3-4H,2H2,1H3,(H,10,11). The number of pyridine rings is 1. The SMILES string of the molecule is CCc1cncc2sc(=O)[nH]c12. The van der Waals surface area contributed by atoms with Gasteiger partial charge in [-0.1, -0.05) is 18.3 Å². The minimum atomic E-state index is -0.00676. The number of hydrogen-bond donors (Lipinski definition) is 1. The molecule has 3 nitrogen and oxygen atoms in total. The molecule has 0 aliphatic carbocycles. The summed E-state index contributed by atoms with van der Waals surface area (Å²) in [7, 11) is 0. The lowest BCUT2D eigenvalue weighted by atomic mass is 10.2. The second-order valence-corrected chi connectivity index (χ2v) is 3.55. The summed E-state index contributed by atoms with van der Waals surface area (Å²) in [5.74, 6) is 0. The van der Waals surface area contributed by atoms with Crippen LogP contribution in [0.5, 0.6) is 0 Å². The van der Waals surface area contributed by atoms with Gasteiger partial charge >= 0.3 is 4.87 Å². The Labute approximate surface area is 73.1 Å². The molecule has 12 heavy (non-hydrogen) atoms. The van der Waals surface area contributed by atoms with Gasteiger partial charge in [0.25, 0.3) is 0 Å². The van der Waals surface area contributed by atoms with Gasteiger partial charge in [-0.25, -0.2) is 0 Å². The first-order valence-corrected chi connectivity index (χ1v) is 4.58. The van der Waals surface area contributed by atoms with Crippen LogP contribution in [0.3, 0.4) is 0 Å². The second-order valence-electron chi connectivity index (χ2n) is 2.54. The Morgan fingerprint density at radius 2 is 2.42 bits per heavy atom. The molecule has 0 aliphatic rings. The largest absolute Gasteiger partial charge is 0.312 e. The van der Waals surface area contributed by atoms with Gasteiger partial charge in [-0.15, -0.1) is 0 Å². The van der Waals surface area contributed by atoms with E-state index >= 15 is 0 Å². The van der Waals surface area contributed by atoms with E-state index in [1.54, 1.807) is 12.4 Å². The maximum atomic E-state index is 11.0. The normalized spacial score (nSPS) is 10.8. The highest BCUT2D eigenvalue weighted by molar-refractivity contribution is 7.16. The summed E-state index contributed by atoms with van der Waals surface area (Å²) in [6.07, 6.45) is 4.42. The van der Waals surface area contributed by atoms with Crippen molar-refractivity contribution in [2.24, 2.45) is 0 Å². The Hall–Kier alpha value is -1.16. The number of aryl methyl sites for hydroxylation is 1. The van der Waals surface area contributed by atoms with Gasteiger partial charge in [-0.05, 0) is 12.0 Å². The van der Waals surface area contributed by atoms with Crippen LogP contribution in [-0.4, -0.2) is 9.97 Å². The van der Waals surface area contributed by atoms with Crippen LogP contribution in [0.4, 0.5) is 0 Å². The third-order valence-electron chi connectivity index (χ3n) is 1.80. The molecule has 0 radical (unpaired) electrons. The van der Waals surface area contributed by atoms with E-state index in [1.807, 2.05) is 6.92 Å². The van der Waals surface area contributed by atoms with E-state index in [-0.39, 0.29) is 4.87 Å². The summed E-state index contributed by atoms with van der Waals surface area (Å²) in [5.41, 5.74) is 2.05. The minimum absolute atomic E-state index is 0.00676. The Bertz CT molecular complexity index is 457. The van der Waals surface area contributed by atoms with Crippen LogP contribution in [0.25, 0.3) is 10.2 Å². The smallest absolute Gasteiger partial charge is 0.305 e. The van der Waals surface area contributed by atoms with Gasteiger partial charge in [0, 0.05) is 12.4 Å². The molecule has 0 amide bonds. The number of thiazole rings is 1. The molecule has 0 spiro atoms. The number of H-pyrrole nitrogens is 1. The highest BCUT2D eigenvalue weighted by Gasteiger charge is 2.02.